The fourth-order valence-electron chi connectivity index (χ4n) is 5.17. The van der Waals surface area contributed by atoms with E-state index in [1.807, 2.05) is 0 Å². The van der Waals surface area contributed by atoms with Gasteiger partial charge < -0.3 is 9.47 Å². The van der Waals surface area contributed by atoms with Crippen molar-refractivity contribution in [3.8, 4) is 0 Å². The van der Waals surface area contributed by atoms with Gasteiger partial charge in [-0.05, 0) is 49.4 Å². The van der Waals surface area contributed by atoms with E-state index in [0.717, 1.165) is 50.4 Å². The van der Waals surface area contributed by atoms with Crippen molar-refractivity contribution in [1.29, 1.82) is 0 Å². The zero-order chi connectivity index (χ0) is 28.4. The lowest BCUT2D eigenvalue weighted by Crippen LogP contribution is -2.09. The van der Waals surface area contributed by atoms with Crippen LogP contribution in [0.1, 0.15) is 170 Å². The number of hydrogen-bond donors (Lipinski definition) is 0. The molecule has 0 spiro atoms. The number of carbonyl (C=O) groups excluding carboxylic acids is 2. The third-order valence-electron chi connectivity index (χ3n) is 8.19. The summed E-state index contributed by atoms with van der Waals surface area (Å²) in [4.78, 5) is 23.8. The Kier molecular flexibility index (Phi) is 25.4. The van der Waals surface area contributed by atoms with Crippen LogP contribution in [-0.2, 0) is 19.1 Å². The molecule has 0 aliphatic carbocycles. The molecule has 0 saturated heterocycles. The standard InChI is InChI=1S/C34H66O4/c1-7-9-19-30(5)23-25-33(35)37-27-17-13-11-15-21-32(29(3)4)22-16-12-14-18-28-38-34(36)26-24-31(6)20-10-8-2/h29-32H,7-28H2,1-6H3. The van der Waals surface area contributed by atoms with Gasteiger partial charge in [-0.1, -0.05) is 131 Å². The largest absolute Gasteiger partial charge is 0.466 e. The van der Waals surface area contributed by atoms with Crippen LogP contribution in [0.15, 0.2) is 0 Å². The highest BCUT2D eigenvalue weighted by Crippen LogP contribution is 2.25. The zero-order valence-corrected chi connectivity index (χ0v) is 26.5. The average Bonchev–Trinajstić information content (AvgIpc) is 2.89. The van der Waals surface area contributed by atoms with Crippen molar-refractivity contribution in [1.82, 2.24) is 0 Å². The summed E-state index contributed by atoms with van der Waals surface area (Å²) in [5, 5.41) is 0. The van der Waals surface area contributed by atoms with E-state index in [0.29, 0.717) is 37.9 Å². The third kappa shape index (κ3) is 24.0. The Bertz CT molecular complexity index is 501. The van der Waals surface area contributed by atoms with Crippen LogP contribution < -0.4 is 0 Å². The summed E-state index contributed by atoms with van der Waals surface area (Å²) in [5.41, 5.74) is 0. The van der Waals surface area contributed by atoms with Crippen molar-refractivity contribution in [3.63, 3.8) is 0 Å². The van der Waals surface area contributed by atoms with E-state index >= 15 is 0 Å². The summed E-state index contributed by atoms with van der Waals surface area (Å²) in [7, 11) is 0. The number of ether oxygens (including phenoxy) is 2. The highest BCUT2D eigenvalue weighted by atomic mass is 16.5. The van der Waals surface area contributed by atoms with Gasteiger partial charge in [-0.25, -0.2) is 0 Å². The van der Waals surface area contributed by atoms with Crippen LogP contribution in [0.25, 0.3) is 0 Å². The monoisotopic (exact) mass is 538 g/mol. The van der Waals surface area contributed by atoms with E-state index in [9.17, 15) is 9.59 Å². The molecule has 0 aliphatic rings. The number of unbranched alkanes of at least 4 members (excludes halogenated alkanes) is 8. The first-order valence-corrected chi connectivity index (χ1v) is 16.6. The zero-order valence-electron chi connectivity index (χ0n) is 26.5. The molecule has 0 aromatic carbocycles. The van der Waals surface area contributed by atoms with E-state index < -0.39 is 0 Å². The second-order valence-electron chi connectivity index (χ2n) is 12.4. The lowest BCUT2D eigenvalue weighted by Gasteiger charge is -2.20. The molecule has 0 rings (SSSR count). The first-order chi connectivity index (χ1) is 18.3. The number of carbonyl (C=O) groups is 2. The van der Waals surface area contributed by atoms with Gasteiger partial charge in [-0.2, -0.15) is 0 Å². The van der Waals surface area contributed by atoms with Crippen molar-refractivity contribution < 1.29 is 19.1 Å². The fraction of sp³-hybridized carbons (Fsp3) is 0.941. The minimum absolute atomic E-state index is 0.0150. The van der Waals surface area contributed by atoms with Crippen molar-refractivity contribution in [2.75, 3.05) is 13.2 Å². The Labute approximate surface area is 237 Å². The number of rotatable bonds is 27. The quantitative estimate of drug-likeness (QED) is 0.0771. The molecular formula is C34H66O4. The van der Waals surface area contributed by atoms with Crippen LogP contribution in [0.3, 0.4) is 0 Å². The van der Waals surface area contributed by atoms with Gasteiger partial charge in [0.1, 0.15) is 0 Å². The predicted molar refractivity (Wildman–Crippen MR) is 162 cm³/mol. The van der Waals surface area contributed by atoms with Gasteiger partial charge >= 0.3 is 11.9 Å². The minimum atomic E-state index is -0.0150. The van der Waals surface area contributed by atoms with Crippen LogP contribution in [-0.4, -0.2) is 25.2 Å². The van der Waals surface area contributed by atoms with Gasteiger partial charge in [0.25, 0.3) is 0 Å². The Morgan fingerprint density at radius 3 is 1.26 bits per heavy atom. The topological polar surface area (TPSA) is 52.6 Å². The first kappa shape index (κ1) is 36.9. The highest BCUT2D eigenvalue weighted by Gasteiger charge is 2.13. The van der Waals surface area contributed by atoms with E-state index in [1.54, 1.807) is 0 Å². The molecule has 0 aliphatic heterocycles. The molecule has 38 heavy (non-hydrogen) atoms. The summed E-state index contributed by atoms with van der Waals surface area (Å²) < 4.78 is 10.9. The van der Waals surface area contributed by atoms with Gasteiger partial charge in [-0.3, -0.25) is 9.59 Å². The Hall–Kier alpha value is -1.06. The maximum atomic E-state index is 11.9. The van der Waals surface area contributed by atoms with Gasteiger partial charge in [-0.15, -0.1) is 0 Å². The van der Waals surface area contributed by atoms with Crippen LogP contribution in [0, 0.1) is 23.7 Å². The van der Waals surface area contributed by atoms with Crippen LogP contribution >= 0.6 is 0 Å². The number of hydrogen-bond acceptors (Lipinski definition) is 4. The lowest BCUT2D eigenvalue weighted by molar-refractivity contribution is -0.145. The highest BCUT2D eigenvalue weighted by molar-refractivity contribution is 5.69. The summed E-state index contributed by atoms with van der Waals surface area (Å²) in [6.07, 6.45) is 22.4. The molecule has 0 radical (unpaired) electrons. The molecule has 0 heterocycles. The fourth-order valence-corrected chi connectivity index (χ4v) is 5.17. The van der Waals surface area contributed by atoms with Crippen LogP contribution in [0.2, 0.25) is 0 Å². The molecule has 4 heteroatoms. The van der Waals surface area contributed by atoms with E-state index in [-0.39, 0.29) is 11.9 Å². The minimum Gasteiger partial charge on any atom is -0.466 e. The Morgan fingerprint density at radius 1 is 0.500 bits per heavy atom. The molecule has 0 fully saturated rings. The summed E-state index contributed by atoms with van der Waals surface area (Å²) >= 11 is 0. The Balaban J connectivity index is 3.69. The smallest absolute Gasteiger partial charge is 0.305 e. The summed E-state index contributed by atoms with van der Waals surface area (Å²) in [6.45, 7) is 14.8. The van der Waals surface area contributed by atoms with E-state index in [1.165, 1.54) is 77.0 Å². The average molecular weight is 539 g/mol. The van der Waals surface area contributed by atoms with Crippen molar-refractivity contribution >= 4 is 11.9 Å². The molecule has 0 amide bonds. The predicted octanol–water partition coefficient (Wildman–Crippen LogP) is 10.5. The first-order valence-electron chi connectivity index (χ1n) is 16.6. The van der Waals surface area contributed by atoms with Gasteiger partial charge in [0.15, 0.2) is 0 Å². The molecule has 2 atom stereocenters. The van der Waals surface area contributed by atoms with Crippen molar-refractivity contribution in [2.45, 2.75) is 170 Å². The summed E-state index contributed by atoms with van der Waals surface area (Å²) in [6, 6.07) is 0. The third-order valence-corrected chi connectivity index (χ3v) is 8.19. The normalized spacial score (nSPS) is 13.9. The SMILES string of the molecule is CCCCC(C)CCC(=O)OCCCCCCC(CCCCCCOC(=O)CCC(C)CCCC)C(C)C. The molecule has 0 N–H and O–H groups in total. The molecule has 0 aromatic rings. The maximum absolute atomic E-state index is 11.9. The van der Waals surface area contributed by atoms with Gasteiger partial charge in [0.2, 0.25) is 0 Å². The van der Waals surface area contributed by atoms with Gasteiger partial charge in [0, 0.05) is 12.8 Å². The molecule has 0 saturated carbocycles. The molecule has 0 bridgehead atoms. The summed E-state index contributed by atoms with van der Waals surface area (Å²) in [5.74, 6) is 2.75. The van der Waals surface area contributed by atoms with Crippen molar-refractivity contribution in [2.24, 2.45) is 23.7 Å². The lowest BCUT2D eigenvalue weighted by atomic mass is 9.86. The van der Waals surface area contributed by atoms with Gasteiger partial charge in [0.05, 0.1) is 13.2 Å². The molecule has 4 nitrogen and oxygen atoms in total. The molecular weight excluding hydrogens is 472 g/mol. The van der Waals surface area contributed by atoms with E-state index in [2.05, 4.69) is 41.5 Å². The van der Waals surface area contributed by atoms with Crippen LogP contribution in [0.5, 0.6) is 0 Å². The van der Waals surface area contributed by atoms with Crippen molar-refractivity contribution in [3.05, 3.63) is 0 Å². The molecule has 2 unspecified atom stereocenters. The van der Waals surface area contributed by atoms with E-state index in [4.69, 9.17) is 9.47 Å². The maximum Gasteiger partial charge on any atom is 0.305 e. The van der Waals surface area contributed by atoms with Crippen LogP contribution in [0.4, 0.5) is 0 Å². The molecule has 0 aromatic heterocycles. The molecule has 226 valence electrons. The number of esters is 2. The second kappa shape index (κ2) is 26.2. The Morgan fingerprint density at radius 2 is 0.895 bits per heavy atom. The second-order valence-corrected chi connectivity index (χ2v) is 12.4.